The molecule has 0 atom stereocenters. The predicted molar refractivity (Wildman–Crippen MR) is 77.1 cm³/mol. The predicted octanol–water partition coefficient (Wildman–Crippen LogP) is 0.692. The Morgan fingerprint density at radius 3 is 2.75 bits per heavy atom. The fourth-order valence-electron chi connectivity index (χ4n) is 1.79. The van der Waals surface area contributed by atoms with Crippen LogP contribution in [0.25, 0.3) is 11.4 Å². The van der Waals surface area contributed by atoms with Crippen molar-refractivity contribution in [2.75, 3.05) is 27.2 Å². The van der Waals surface area contributed by atoms with E-state index in [1.165, 1.54) is 0 Å². The number of hydrogen-bond acceptors (Lipinski definition) is 4. The van der Waals surface area contributed by atoms with Crippen LogP contribution in [0.5, 0.6) is 0 Å². The number of aromatic nitrogens is 3. The molecule has 1 aromatic heterocycles. The Balaban J connectivity index is 1.83. The van der Waals surface area contributed by atoms with E-state index >= 15 is 0 Å². The molecule has 0 unspecified atom stereocenters. The molecule has 0 radical (unpaired) electrons. The van der Waals surface area contributed by atoms with Gasteiger partial charge in [-0.1, -0.05) is 30.3 Å². The molecule has 6 heteroatoms. The van der Waals surface area contributed by atoms with E-state index in [-0.39, 0.29) is 5.91 Å². The number of benzene rings is 1. The molecule has 0 aliphatic carbocycles. The Kier molecular flexibility index (Phi) is 4.84. The van der Waals surface area contributed by atoms with Gasteiger partial charge in [0.05, 0.1) is 6.54 Å². The second-order valence-electron chi connectivity index (χ2n) is 4.81. The molecule has 1 amide bonds. The molecule has 6 nitrogen and oxygen atoms in total. The Hall–Kier alpha value is -2.21. The van der Waals surface area contributed by atoms with Crippen LogP contribution in [-0.2, 0) is 11.2 Å². The highest BCUT2D eigenvalue weighted by atomic mass is 16.1. The van der Waals surface area contributed by atoms with Crippen molar-refractivity contribution < 1.29 is 4.79 Å². The number of rotatable bonds is 6. The van der Waals surface area contributed by atoms with E-state index in [0.29, 0.717) is 25.3 Å². The highest BCUT2D eigenvalue weighted by molar-refractivity contribution is 5.77. The largest absolute Gasteiger partial charge is 0.355 e. The average Bonchev–Trinajstić information content (AvgIpc) is 2.88. The summed E-state index contributed by atoms with van der Waals surface area (Å²) in [4.78, 5) is 17.7. The zero-order valence-corrected chi connectivity index (χ0v) is 11.8. The first-order valence-electron chi connectivity index (χ1n) is 6.53. The number of aromatic amines is 1. The van der Waals surface area contributed by atoms with Gasteiger partial charge >= 0.3 is 0 Å². The van der Waals surface area contributed by atoms with E-state index in [4.69, 9.17) is 0 Å². The summed E-state index contributed by atoms with van der Waals surface area (Å²) in [5.74, 6) is 1.46. The highest BCUT2D eigenvalue weighted by Gasteiger charge is 2.06. The molecule has 1 aromatic carbocycles. The molecule has 2 rings (SSSR count). The van der Waals surface area contributed by atoms with Crippen LogP contribution >= 0.6 is 0 Å². The summed E-state index contributed by atoms with van der Waals surface area (Å²) in [7, 11) is 3.73. The normalized spacial score (nSPS) is 10.8. The molecule has 0 spiro atoms. The van der Waals surface area contributed by atoms with Crippen LogP contribution in [0.1, 0.15) is 5.82 Å². The van der Waals surface area contributed by atoms with Gasteiger partial charge in [-0.15, -0.1) is 0 Å². The first-order valence-corrected chi connectivity index (χ1v) is 6.53. The van der Waals surface area contributed by atoms with Crippen LogP contribution in [-0.4, -0.2) is 53.2 Å². The fourth-order valence-corrected chi connectivity index (χ4v) is 1.79. The van der Waals surface area contributed by atoms with Gasteiger partial charge in [-0.25, -0.2) is 4.98 Å². The van der Waals surface area contributed by atoms with Crippen molar-refractivity contribution in [3.05, 3.63) is 36.2 Å². The number of likely N-dealkylation sites (N-methyl/N-ethyl adjacent to an activating group) is 1. The van der Waals surface area contributed by atoms with Crippen molar-refractivity contribution in [3.63, 3.8) is 0 Å². The van der Waals surface area contributed by atoms with Crippen LogP contribution in [0.2, 0.25) is 0 Å². The van der Waals surface area contributed by atoms with Crippen LogP contribution in [0.3, 0.4) is 0 Å². The number of amides is 1. The van der Waals surface area contributed by atoms with E-state index in [9.17, 15) is 4.79 Å². The first kappa shape index (κ1) is 14.2. The molecule has 2 aromatic rings. The van der Waals surface area contributed by atoms with E-state index in [0.717, 1.165) is 11.4 Å². The Morgan fingerprint density at radius 1 is 1.30 bits per heavy atom. The minimum atomic E-state index is 0.0119. The second-order valence-corrected chi connectivity index (χ2v) is 4.81. The van der Waals surface area contributed by atoms with Gasteiger partial charge in [-0.3, -0.25) is 9.89 Å². The molecular weight excluding hydrogens is 254 g/mol. The van der Waals surface area contributed by atoms with Crippen molar-refractivity contribution >= 4 is 5.91 Å². The maximum atomic E-state index is 11.5. The van der Waals surface area contributed by atoms with Gasteiger partial charge in [0.25, 0.3) is 0 Å². The van der Waals surface area contributed by atoms with E-state index in [1.54, 1.807) is 0 Å². The van der Waals surface area contributed by atoms with Crippen molar-refractivity contribution in [1.29, 1.82) is 0 Å². The maximum Gasteiger partial charge on any atom is 0.234 e. The number of carbonyl (C=O) groups excluding carboxylic acids is 1. The lowest BCUT2D eigenvalue weighted by molar-refractivity contribution is -0.121. The topological polar surface area (TPSA) is 73.9 Å². The zero-order chi connectivity index (χ0) is 14.4. The molecule has 0 saturated heterocycles. The number of carbonyl (C=O) groups is 1. The third kappa shape index (κ3) is 4.17. The fraction of sp³-hybridized carbons (Fsp3) is 0.357. The molecule has 0 fully saturated rings. The standard InChI is InChI=1S/C14H19N5O/c1-19(2)10-13(20)15-9-8-12-16-14(18-17-12)11-6-4-3-5-7-11/h3-7H,8-10H2,1-2H3,(H,15,20)(H,16,17,18). The summed E-state index contributed by atoms with van der Waals surface area (Å²) in [5.41, 5.74) is 0.978. The number of nitrogens with zero attached hydrogens (tertiary/aromatic N) is 3. The van der Waals surface area contributed by atoms with Crippen molar-refractivity contribution in [3.8, 4) is 11.4 Å². The average molecular weight is 273 g/mol. The van der Waals surface area contributed by atoms with E-state index < -0.39 is 0 Å². The molecule has 20 heavy (non-hydrogen) atoms. The van der Waals surface area contributed by atoms with Crippen molar-refractivity contribution in [2.45, 2.75) is 6.42 Å². The summed E-state index contributed by atoms with van der Waals surface area (Å²) >= 11 is 0. The minimum absolute atomic E-state index is 0.0119. The van der Waals surface area contributed by atoms with E-state index in [2.05, 4.69) is 20.5 Å². The third-order valence-corrected chi connectivity index (χ3v) is 2.71. The molecule has 0 aliphatic heterocycles. The molecule has 106 valence electrons. The first-order chi connectivity index (χ1) is 9.65. The monoisotopic (exact) mass is 273 g/mol. The van der Waals surface area contributed by atoms with Gasteiger partial charge in [-0.2, -0.15) is 5.10 Å². The smallest absolute Gasteiger partial charge is 0.234 e. The lowest BCUT2D eigenvalue weighted by Crippen LogP contribution is -2.34. The Bertz CT molecular complexity index is 550. The van der Waals surface area contributed by atoms with Crippen LogP contribution in [0.15, 0.2) is 30.3 Å². The molecule has 1 heterocycles. The summed E-state index contributed by atoms with van der Waals surface area (Å²) in [5, 5.41) is 9.91. The van der Waals surface area contributed by atoms with Gasteiger partial charge in [0.15, 0.2) is 5.82 Å². The Labute approximate surface area is 118 Å². The third-order valence-electron chi connectivity index (χ3n) is 2.71. The van der Waals surface area contributed by atoms with Crippen molar-refractivity contribution in [2.24, 2.45) is 0 Å². The van der Waals surface area contributed by atoms with Gasteiger partial charge in [0.1, 0.15) is 5.82 Å². The van der Waals surface area contributed by atoms with Gasteiger partial charge in [0.2, 0.25) is 5.91 Å². The van der Waals surface area contributed by atoms with E-state index in [1.807, 2.05) is 49.3 Å². The maximum absolute atomic E-state index is 11.5. The molecule has 0 bridgehead atoms. The number of hydrogen-bond donors (Lipinski definition) is 2. The van der Waals surface area contributed by atoms with Gasteiger partial charge in [0, 0.05) is 18.5 Å². The number of H-pyrrole nitrogens is 1. The molecule has 2 N–H and O–H groups in total. The van der Waals surface area contributed by atoms with Gasteiger partial charge < -0.3 is 10.2 Å². The zero-order valence-electron chi connectivity index (χ0n) is 11.8. The van der Waals surface area contributed by atoms with Crippen molar-refractivity contribution in [1.82, 2.24) is 25.4 Å². The summed E-state index contributed by atoms with van der Waals surface area (Å²) in [6, 6.07) is 9.79. The second kappa shape index (κ2) is 6.81. The SMILES string of the molecule is CN(C)CC(=O)NCCc1nc(-c2ccccc2)n[nH]1. The molecule has 0 aliphatic rings. The van der Waals surface area contributed by atoms with Gasteiger partial charge in [-0.05, 0) is 14.1 Å². The minimum Gasteiger partial charge on any atom is -0.355 e. The Morgan fingerprint density at radius 2 is 2.05 bits per heavy atom. The van der Waals surface area contributed by atoms with Crippen LogP contribution in [0, 0.1) is 0 Å². The summed E-state index contributed by atoms with van der Waals surface area (Å²) in [6.45, 7) is 0.946. The lowest BCUT2D eigenvalue weighted by Gasteiger charge is -2.09. The highest BCUT2D eigenvalue weighted by Crippen LogP contribution is 2.13. The lowest BCUT2D eigenvalue weighted by atomic mass is 10.2. The quantitative estimate of drug-likeness (QED) is 0.812. The molecule has 0 saturated carbocycles. The summed E-state index contributed by atoms with van der Waals surface area (Å²) in [6.07, 6.45) is 0.638. The van der Waals surface area contributed by atoms with Crippen LogP contribution in [0.4, 0.5) is 0 Å². The summed E-state index contributed by atoms with van der Waals surface area (Å²) < 4.78 is 0. The molecular formula is C14H19N5O. The number of nitrogens with one attached hydrogen (secondary N) is 2. The van der Waals surface area contributed by atoms with Crippen LogP contribution < -0.4 is 5.32 Å².